The van der Waals surface area contributed by atoms with Crippen LogP contribution in [0.25, 0.3) is 0 Å². The molecular weight excluding hydrogens is 206 g/mol. The minimum absolute atomic E-state index is 0.433. The van der Waals surface area contributed by atoms with Gasteiger partial charge in [0.25, 0.3) is 0 Å². The third kappa shape index (κ3) is 2.09. The van der Waals surface area contributed by atoms with Crippen LogP contribution in [0.5, 0.6) is 0 Å². The number of pyridine rings is 1. The monoisotopic (exact) mass is 215 g/mol. The van der Waals surface area contributed by atoms with Crippen molar-refractivity contribution in [1.29, 1.82) is 5.26 Å². The third-order valence-electron chi connectivity index (χ3n) is 1.97. The van der Waals surface area contributed by atoms with Crippen molar-refractivity contribution in [1.82, 2.24) is 10.1 Å². The molecule has 16 heavy (non-hydrogen) atoms. The van der Waals surface area contributed by atoms with Crippen LogP contribution < -0.4 is 11.1 Å². The molecule has 0 saturated heterocycles. The fourth-order valence-electron chi connectivity index (χ4n) is 1.19. The van der Waals surface area contributed by atoms with Gasteiger partial charge in [-0.15, -0.1) is 0 Å². The summed E-state index contributed by atoms with van der Waals surface area (Å²) in [5.41, 5.74) is 7.34. The minimum Gasteiger partial charge on any atom is -0.396 e. The number of nitrogens with zero attached hydrogens (tertiary/aromatic N) is 3. The molecule has 0 saturated carbocycles. The normalized spacial score (nSPS) is 9.69. The lowest BCUT2D eigenvalue weighted by molar-refractivity contribution is 0.412. The Labute approximate surface area is 91.7 Å². The molecule has 6 heteroatoms. The average Bonchev–Trinajstić information content (AvgIpc) is 2.80. The molecule has 2 aromatic heterocycles. The summed E-state index contributed by atoms with van der Waals surface area (Å²) in [5, 5.41) is 15.4. The number of nitrogens with two attached hydrogens (primary N) is 1. The molecule has 2 aromatic rings. The Bertz CT molecular complexity index is 515. The van der Waals surface area contributed by atoms with E-state index in [2.05, 4.69) is 20.0 Å². The van der Waals surface area contributed by atoms with Crippen LogP contribution in [0.2, 0.25) is 0 Å². The molecule has 0 atom stereocenters. The van der Waals surface area contributed by atoms with E-state index < -0.39 is 0 Å². The molecule has 0 aliphatic rings. The molecule has 80 valence electrons. The predicted molar refractivity (Wildman–Crippen MR) is 57.2 cm³/mol. The van der Waals surface area contributed by atoms with E-state index in [1.54, 1.807) is 12.1 Å². The van der Waals surface area contributed by atoms with Gasteiger partial charge in [-0.2, -0.15) is 5.26 Å². The first-order chi connectivity index (χ1) is 7.79. The summed E-state index contributed by atoms with van der Waals surface area (Å²) in [6.45, 7) is 0.472. The smallest absolute Gasteiger partial charge is 0.149 e. The van der Waals surface area contributed by atoms with E-state index in [9.17, 15) is 0 Å². The second-order valence-electron chi connectivity index (χ2n) is 3.12. The van der Waals surface area contributed by atoms with Gasteiger partial charge in [0, 0.05) is 12.3 Å². The van der Waals surface area contributed by atoms with Crippen molar-refractivity contribution in [3.8, 4) is 6.07 Å². The number of nitriles is 1. The van der Waals surface area contributed by atoms with Crippen LogP contribution in [0.3, 0.4) is 0 Å². The van der Waals surface area contributed by atoms with Gasteiger partial charge in [-0.1, -0.05) is 5.16 Å². The highest BCUT2D eigenvalue weighted by Crippen LogP contribution is 2.16. The molecule has 3 N–H and O–H groups in total. The second-order valence-corrected chi connectivity index (χ2v) is 3.12. The Balaban J connectivity index is 2.08. The zero-order chi connectivity index (χ0) is 11.4. The highest BCUT2D eigenvalue weighted by atomic mass is 16.5. The molecule has 0 fully saturated rings. The molecule has 0 spiro atoms. The van der Waals surface area contributed by atoms with E-state index in [0.717, 1.165) is 5.69 Å². The number of nitrogen functional groups attached to an aromatic ring is 1. The Morgan fingerprint density at radius 2 is 2.44 bits per heavy atom. The van der Waals surface area contributed by atoms with E-state index in [1.807, 2.05) is 6.07 Å². The van der Waals surface area contributed by atoms with Crippen molar-refractivity contribution >= 4 is 11.5 Å². The number of anilines is 2. The highest BCUT2D eigenvalue weighted by molar-refractivity contribution is 5.62. The van der Waals surface area contributed by atoms with Gasteiger partial charge in [0.1, 0.15) is 23.8 Å². The van der Waals surface area contributed by atoms with Crippen LogP contribution in [0.1, 0.15) is 11.3 Å². The quantitative estimate of drug-likeness (QED) is 0.796. The first-order valence-corrected chi connectivity index (χ1v) is 4.58. The van der Waals surface area contributed by atoms with Crippen molar-refractivity contribution in [2.75, 3.05) is 11.1 Å². The van der Waals surface area contributed by atoms with Crippen molar-refractivity contribution in [3.05, 3.63) is 35.9 Å². The van der Waals surface area contributed by atoms with Crippen LogP contribution in [0, 0.1) is 11.3 Å². The second kappa shape index (κ2) is 4.31. The van der Waals surface area contributed by atoms with E-state index in [0.29, 0.717) is 23.6 Å². The number of hydrogen-bond donors (Lipinski definition) is 2. The molecule has 0 bridgehead atoms. The summed E-state index contributed by atoms with van der Waals surface area (Å²) in [7, 11) is 0. The molecule has 6 nitrogen and oxygen atoms in total. The van der Waals surface area contributed by atoms with Crippen LogP contribution in [-0.2, 0) is 6.54 Å². The first-order valence-electron chi connectivity index (χ1n) is 4.58. The summed E-state index contributed by atoms with van der Waals surface area (Å²) < 4.78 is 4.68. The van der Waals surface area contributed by atoms with Gasteiger partial charge in [0.15, 0.2) is 0 Å². The molecule has 0 aromatic carbocycles. The minimum atomic E-state index is 0.433. The fraction of sp³-hybridized carbons (Fsp3) is 0.100. The van der Waals surface area contributed by atoms with E-state index >= 15 is 0 Å². The largest absolute Gasteiger partial charge is 0.396 e. The van der Waals surface area contributed by atoms with Gasteiger partial charge < -0.3 is 15.6 Å². The predicted octanol–water partition coefficient (Wildman–Crippen LogP) is 1.14. The van der Waals surface area contributed by atoms with Crippen molar-refractivity contribution in [2.45, 2.75) is 6.54 Å². The summed E-state index contributed by atoms with van der Waals surface area (Å²) in [6, 6.07) is 5.28. The van der Waals surface area contributed by atoms with Crippen LogP contribution in [-0.4, -0.2) is 10.1 Å². The number of hydrogen-bond acceptors (Lipinski definition) is 6. The number of aromatic nitrogens is 2. The van der Waals surface area contributed by atoms with E-state index in [4.69, 9.17) is 11.0 Å². The standard InChI is InChI=1S/C10H9N5O/c11-4-7-3-9(12)10(13-5-7)14-6-8-1-2-16-15-8/h1-3,5H,6,12H2,(H,13,14). The van der Waals surface area contributed by atoms with Crippen molar-refractivity contribution < 1.29 is 4.52 Å². The molecule has 0 unspecified atom stereocenters. The molecule has 0 aliphatic heterocycles. The Kier molecular flexibility index (Phi) is 2.69. The number of nitrogens with one attached hydrogen (secondary N) is 1. The Morgan fingerprint density at radius 3 is 3.06 bits per heavy atom. The first kappa shape index (κ1) is 9.98. The van der Waals surface area contributed by atoms with Crippen LogP contribution in [0.15, 0.2) is 29.1 Å². The van der Waals surface area contributed by atoms with E-state index in [1.165, 1.54) is 12.5 Å². The van der Waals surface area contributed by atoms with Crippen LogP contribution in [0.4, 0.5) is 11.5 Å². The van der Waals surface area contributed by atoms with Crippen LogP contribution >= 0.6 is 0 Å². The lowest BCUT2D eigenvalue weighted by Crippen LogP contribution is -2.05. The maximum absolute atomic E-state index is 8.64. The topological polar surface area (TPSA) is 101 Å². The van der Waals surface area contributed by atoms with Gasteiger partial charge in [-0.25, -0.2) is 4.98 Å². The molecule has 0 amide bonds. The SMILES string of the molecule is N#Cc1cnc(NCc2ccon2)c(N)c1. The molecule has 0 aliphatic carbocycles. The maximum Gasteiger partial charge on any atom is 0.149 e. The molecular formula is C10H9N5O. The van der Waals surface area contributed by atoms with E-state index in [-0.39, 0.29) is 0 Å². The Morgan fingerprint density at radius 1 is 1.56 bits per heavy atom. The zero-order valence-electron chi connectivity index (χ0n) is 8.34. The number of rotatable bonds is 3. The lowest BCUT2D eigenvalue weighted by Gasteiger charge is -2.05. The average molecular weight is 215 g/mol. The summed E-state index contributed by atoms with van der Waals surface area (Å²) in [5.74, 6) is 0.530. The van der Waals surface area contributed by atoms with Gasteiger partial charge in [-0.3, -0.25) is 0 Å². The fourth-order valence-corrected chi connectivity index (χ4v) is 1.19. The molecule has 2 rings (SSSR count). The van der Waals surface area contributed by atoms with Gasteiger partial charge in [0.05, 0.1) is 17.8 Å². The van der Waals surface area contributed by atoms with Gasteiger partial charge >= 0.3 is 0 Å². The summed E-state index contributed by atoms with van der Waals surface area (Å²) in [6.07, 6.45) is 2.95. The molecule has 2 heterocycles. The van der Waals surface area contributed by atoms with Gasteiger partial charge in [0.2, 0.25) is 0 Å². The summed E-state index contributed by atoms with van der Waals surface area (Å²) >= 11 is 0. The third-order valence-corrected chi connectivity index (χ3v) is 1.97. The Hall–Kier alpha value is -2.55. The highest BCUT2D eigenvalue weighted by Gasteiger charge is 2.03. The summed E-state index contributed by atoms with van der Waals surface area (Å²) in [4.78, 5) is 4.03. The lowest BCUT2D eigenvalue weighted by atomic mass is 10.3. The van der Waals surface area contributed by atoms with Gasteiger partial charge in [-0.05, 0) is 6.07 Å². The maximum atomic E-state index is 8.64. The van der Waals surface area contributed by atoms with Crippen molar-refractivity contribution in [2.24, 2.45) is 0 Å². The zero-order valence-corrected chi connectivity index (χ0v) is 8.34. The van der Waals surface area contributed by atoms with Crippen molar-refractivity contribution in [3.63, 3.8) is 0 Å². The molecule has 0 radical (unpaired) electrons.